The van der Waals surface area contributed by atoms with Gasteiger partial charge in [0.2, 0.25) is 0 Å². The lowest BCUT2D eigenvalue weighted by atomic mass is 10.4. The van der Waals surface area contributed by atoms with E-state index in [2.05, 4.69) is 16.1 Å². The van der Waals surface area contributed by atoms with Crippen LogP contribution in [0.15, 0.2) is 23.8 Å². The van der Waals surface area contributed by atoms with E-state index in [1.807, 2.05) is 0 Å². The molecule has 0 aromatic heterocycles. The van der Waals surface area contributed by atoms with Crippen molar-refractivity contribution in [1.82, 2.24) is 21.1 Å². The van der Waals surface area contributed by atoms with Crippen molar-refractivity contribution in [1.29, 1.82) is 0 Å². The van der Waals surface area contributed by atoms with Gasteiger partial charge in [-0.25, -0.2) is 4.79 Å². The summed E-state index contributed by atoms with van der Waals surface area (Å²) in [6.45, 7) is -2.45. The molecule has 0 unspecified atom stereocenters. The maximum Gasteiger partial charge on any atom is 0.320 e. The SMILES string of the molecule is [2H]C([2H])([2H])N1NC(N)=CC=C1NC(=O)NC. The molecule has 0 bridgehead atoms. The molecular formula is C7H13N5O. The number of allylic oxidation sites excluding steroid dienone is 2. The second kappa shape index (κ2) is 3.70. The summed E-state index contributed by atoms with van der Waals surface area (Å²) in [6, 6.07) is -0.517. The van der Waals surface area contributed by atoms with Gasteiger partial charge in [-0.2, -0.15) is 0 Å². The number of carbonyl (C=O) groups excluding carboxylic acids is 1. The Balaban J connectivity index is 2.88. The van der Waals surface area contributed by atoms with Crippen LogP contribution in [0.1, 0.15) is 4.11 Å². The molecule has 0 radical (unpaired) electrons. The highest BCUT2D eigenvalue weighted by molar-refractivity contribution is 5.75. The maximum atomic E-state index is 11.1. The zero-order chi connectivity index (χ0) is 12.3. The Morgan fingerprint density at radius 2 is 2.54 bits per heavy atom. The van der Waals surface area contributed by atoms with Crippen LogP contribution in [0.3, 0.4) is 0 Å². The van der Waals surface area contributed by atoms with Gasteiger partial charge in [-0.1, -0.05) is 0 Å². The van der Waals surface area contributed by atoms with E-state index >= 15 is 0 Å². The first-order valence-electron chi connectivity index (χ1n) is 5.07. The Morgan fingerprint density at radius 1 is 1.77 bits per heavy atom. The highest BCUT2D eigenvalue weighted by Gasteiger charge is 2.10. The third-order valence-corrected chi connectivity index (χ3v) is 1.37. The Bertz CT molecular complexity index is 348. The van der Waals surface area contributed by atoms with Gasteiger partial charge in [-0.3, -0.25) is 15.8 Å². The smallest absolute Gasteiger partial charge is 0.320 e. The molecule has 0 aromatic carbocycles. The molecule has 0 atom stereocenters. The van der Waals surface area contributed by atoms with Crippen molar-refractivity contribution < 1.29 is 8.91 Å². The average molecular weight is 186 g/mol. The van der Waals surface area contributed by atoms with Crippen LogP contribution in [-0.4, -0.2) is 25.1 Å². The first kappa shape index (κ1) is 5.74. The van der Waals surface area contributed by atoms with Crippen LogP contribution < -0.4 is 21.8 Å². The van der Waals surface area contributed by atoms with Crippen LogP contribution in [-0.2, 0) is 0 Å². The lowest BCUT2D eigenvalue weighted by Gasteiger charge is -2.26. The second-order valence-corrected chi connectivity index (χ2v) is 2.33. The number of hydrogen-bond donors (Lipinski definition) is 4. The molecule has 13 heavy (non-hydrogen) atoms. The minimum absolute atomic E-state index is 0.0913. The molecule has 1 aliphatic rings. The van der Waals surface area contributed by atoms with Crippen molar-refractivity contribution in [2.45, 2.75) is 0 Å². The predicted octanol–water partition coefficient (Wildman–Crippen LogP) is -0.993. The van der Waals surface area contributed by atoms with Crippen molar-refractivity contribution in [3.05, 3.63) is 23.8 Å². The minimum atomic E-state index is -2.45. The molecule has 0 spiro atoms. The Kier molecular flexibility index (Phi) is 1.63. The number of nitrogens with one attached hydrogen (secondary N) is 3. The fraction of sp³-hybridized carbons (Fsp3) is 0.286. The normalized spacial score (nSPS) is 19.8. The third-order valence-electron chi connectivity index (χ3n) is 1.37. The largest absolute Gasteiger partial charge is 0.384 e. The van der Waals surface area contributed by atoms with Crippen molar-refractivity contribution in [2.75, 3.05) is 14.0 Å². The molecule has 72 valence electrons. The van der Waals surface area contributed by atoms with Crippen LogP contribution in [0.25, 0.3) is 0 Å². The Hall–Kier alpha value is -1.85. The fourth-order valence-corrected chi connectivity index (χ4v) is 0.746. The number of carbonyl (C=O) groups is 1. The molecule has 6 nitrogen and oxygen atoms in total. The van der Waals surface area contributed by atoms with E-state index < -0.39 is 13.0 Å². The topological polar surface area (TPSA) is 82.4 Å². The van der Waals surface area contributed by atoms with Gasteiger partial charge in [0.1, 0.15) is 11.6 Å². The number of hydrazine groups is 1. The number of nitrogens with zero attached hydrogens (tertiary/aromatic N) is 1. The standard InChI is InChI=1S/C7H13N5O/c1-9-7(13)10-6-4-3-5(8)11-12(6)2/h3-4,11H,8H2,1-2H3,(H2,9,10,13)/i2D3. The molecule has 1 heterocycles. The first-order valence-corrected chi connectivity index (χ1v) is 3.57. The first-order chi connectivity index (χ1) is 7.34. The van der Waals surface area contributed by atoms with E-state index in [4.69, 9.17) is 9.85 Å². The molecule has 0 aromatic rings. The summed E-state index contributed by atoms with van der Waals surface area (Å²) in [7, 11) is 1.43. The van der Waals surface area contributed by atoms with Gasteiger partial charge in [0.15, 0.2) is 0 Å². The number of hydrogen-bond acceptors (Lipinski definition) is 4. The van der Waals surface area contributed by atoms with E-state index in [9.17, 15) is 4.79 Å². The molecule has 0 saturated heterocycles. The van der Waals surface area contributed by atoms with Gasteiger partial charge >= 0.3 is 6.03 Å². The van der Waals surface area contributed by atoms with E-state index in [0.29, 0.717) is 0 Å². The van der Waals surface area contributed by atoms with Crippen LogP contribution >= 0.6 is 0 Å². The van der Waals surface area contributed by atoms with E-state index in [1.54, 1.807) is 0 Å². The highest BCUT2D eigenvalue weighted by atomic mass is 16.2. The minimum Gasteiger partial charge on any atom is -0.384 e. The quantitative estimate of drug-likeness (QED) is 0.423. The van der Waals surface area contributed by atoms with Gasteiger partial charge in [-0.15, -0.1) is 0 Å². The van der Waals surface area contributed by atoms with Crippen LogP contribution in [0.5, 0.6) is 0 Å². The summed E-state index contributed by atoms with van der Waals surface area (Å²) in [5, 5.41) is 5.48. The third kappa shape index (κ3) is 2.29. The molecular weight excluding hydrogens is 170 g/mol. The Morgan fingerprint density at radius 3 is 3.15 bits per heavy atom. The second-order valence-electron chi connectivity index (χ2n) is 2.33. The van der Waals surface area contributed by atoms with Crippen molar-refractivity contribution in [2.24, 2.45) is 5.73 Å². The van der Waals surface area contributed by atoms with Crippen LogP contribution in [0, 0.1) is 0 Å². The van der Waals surface area contributed by atoms with E-state index in [0.717, 1.165) is 5.01 Å². The van der Waals surface area contributed by atoms with Crippen molar-refractivity contribution >= 4 is 6.03 Å². The van der Waals surface area contributed by atoms with Gasteiger partial charge < -0.3 is 11.1 Å². The summed E-state index contributed by atoms with van der Waals surface area (Å²) in [6.07, 6.45) is 2.85. The van der Waals surface area contributed by atoms with Gasteiger partial charge in [-0.05, 0) is 12.2 Å². The lowest BCUT2D eigenvalue weighted by molar-refractivity contribution is 0.236. The van der Waals surface area contributed by atoms with Crippen molar-refractivity contribution in [3.63, 3.8) is 0 Å². The maximum absolute atomic E-state index is 11.1. The summed E-state index contributed by atoms with van der Waals surface area (Å²) in [5.41, 5.74) is 7.87. The van der Waals surface area contributed by atoms with Crippen LogP contribution in [0.2, 0.25) is 0 Å². The molecule has 6 heteroatoms. The zero-order valence-electron chi connectivity index (χ0n) is 10.1. The van der Waals surface area contributed by atoms with Gasteiger partial charge in [0.25, 0.3) is 0 Å². The summed E-state index contributed by atoms with van der Waals surface area (Å²) >= 11 is 0. The highest BCUT2D eigenvalue weighted by Crippen LogP contribution is 2.01. The number of rotatable bonds is 1. The number of amides is 2. The molecule has 1 rings (SSSR count). The van der Waals surface area contributed by atoms with Gasteiger partial charge in [0, 0.05) is 18.1 Å². The zero-order valence-corrected chi connectivity index (χ0v) is 7.09. The fourth-order valence-electron chi connectivity index (χ4n) is 0.746. The summed E-state index contributed by atoms with van der Waals surface area (Å²) in [4.78, 5) is 11.1. The molecule has 2 amide bonds. The molecule has 0 saturated carbocycles. The van der Waals surface area contributed by atoms with E-state index in [-0.39, 0.29) is 11.6 Å². The number of urea groups is 1. The lowest BCUT2D eigenvalue weighted by Crippen LogP contribution is -2.45. The Labute approximate surface area is 80.6 Å². The summed E-state index contributed by atoms with van der Waals surface area (Å²) < 4.78 is 21.7. The van der Waals surface area contributed by atoms with Gasteiger partial charge in [0.05, 0.1) is 0 Å². The van der Waals surface area contributed by atoms with E-state index in [1.165, 1.54) is 19.2 Å². The molecule has 0 aliphatic carbocycles. The van der Waals surface area contributed by atoms with Crippen LogP contribution in [0.4, 0.5) is 4.79 Å². The van der Waals surface area contributed by atoms with Crippen molar-refractivity contribution in [3.8, 4) is 0 Å². The monoisotopic (exact) mass is 186 g/mol. The predicted molar refractivity (Wildman–Crippen MR) is 48.8 cm³/mol. The molecule has 5 N–H and O–H groups in total. The summed E-state index contributed by atoms with van der Waals surface area (Å²) in [5.74, 6) is 0.270. The average Bonchev–Trinajstić information content (AvgIpc) is 2.19. The molecule has 0 fully saturated rings. The molecule has 1 aliphatic heterocycles. The number of nitrogens with two attached hydrogens (primary N) is 1.